The van der Waals surface area contributed by atoms with Gasteiger partial charge < -0.3 is 5.32 Å². The summed E-state index contributed by atoms with van der Waals surface area (Å²) in [6.45, 7) is 1.92. The van der Waals surface area contributed by atoms with Crippen molar-refractivity contribution < 1.29 is 17.6 Å². The summed E-state index contributed by atoms with van der Waals surface area (Å²) in [5.41, 5.74) is 0.699. The van der Waals surface area contributed by atoms with E-state index < -0.39 is 21.7 Å². The van der Waals surface area contributed by atoms with Gasteiger partial charge in [0.15, 0.2) is 0 Å². The predicted octanol–water partition coefficient (Wildman–Crippen LogP) is 2.36. The van der Waals surface area contributed by atoms with E-state index in [9.17, 15) is 17.6 Å². The largest absolute Gasteiger partial charge is 0.351 e. The van der Waals surface area contributed by atoms with Crippen LogP contribution in [0, 0.1) is 18.7 Å². The summed E-state index contributed by atoms with van der Waals surface area (Å²) in [4.78, 5) is 11.9. The smallest absolute Gasteiger partial charge is 0.251 e. The van der Waals surface area contributed by atoms with Gasteiger partial charge in [-0.3, -0.25) is 4.79 Å². The number of halogens is 1. The number of aryl methyl sites for hydroxylation is 1. The molecule has 0 aromatic heterocycles. The molecule has 0 spiro atoms. The molecule has 0 unspecified atom stereocenters. The number of sulfonamides is 1. The number of nitrogens with one attached hydrogen (secondary N) is 2. The zero-order chi connectivity index (χ0) is 17.6. The number of carbonyl (C=O) groups excluding carboxylic acids is 1. The molecule has 5 nitrogen and oxygen atoms in total. The highest BCUT2D eigenvalue weighted by Crippen LogP contribution is 2.24. The second-order valence-corrected chi connectivity index (χ2v) is 8.25. The lowest BCUT2D eigenvalue weighted by atomic mass is 9.91. The topological polar surface area (TPSA) is 75.3 Å². The predicted molar refractivity (Wildman–Crippen MR) is 91.8 cm³/mol. The molecular weight excluding hydrogens is 331 g/mol. The molecule has 1 aromatic rings. The summed E-state index contributed by atoms with van der Waals surface area (Å²) in [5, 5.41) is 2.59. The van der Waals surface area contributed by atoms with Gasteiger partial charge >= 0.3 is 0 Å². The van der Waals surface area contributed by atoms with Gasteiger partial charge in [-0.2, -0.15) is 0 Å². The number of hydrogen-bond acceptors (Lipinski definition) is 3. The van der Waals surface area contributed by atoms with Crippen LogP contribution in [0.2, 0.25) is 0 Å². The molecule has 134 valence electrons. The third-order valence-corrected chi connectivity index (χ3v) is 5.90. The van der Waals surface area contributed by atoms with Gasteiger partial charge in [-0.1, -0.05) is 25.3 Å². The molecule has 1 aliphatic rings. The minimum Gasteiger partial charge on any atom is -0.351 e. The standard InChI is InChI=1S/C17H25FN2O3S/c1-13-7-8-15(11-16(13)18)17(21)19-9-10-20-24(22,23)12-14-5-3-2-4-6-14/h7-8,11,14,20H,2-6,9-10,12H2,1H3,(H,19,21). The van der Waals surface area contributed by atoms with Crippen LogP contribution in [0.4, 0.5) is 4.39 Å². The van der Waals surface area contributed by atoms with Crippen molar-refractivity contribution in [3.05, 3.63) is 35.1 Å². The lowest BCUT2D eigenvalue weighted by Gasteiger charge is -2.21. The Morgan fingerprint density at radius 2 is 1.92 bits per heavy atom. The van der Waals surface area contributed by atoms with Crippen LogP contribution in [-0.2, 0) is 10.0 Å². The van der Waals surface area contributed by atoms with Crippen LogP contribution in [0.1, 0.15) is 48.0 Å². The molecule has 2 N–H and O–H groups in total. The highest BCUT2D eigenvalue weighted by Gasteiger charge is 2.20. The molecule has 1 aliphatic carbocycles. The van der Waals surface area contributed by atoms with E-state index in [1.807, 2.05) is 0 Å². The summed E-state index contributed by atoms with van der Waals surface area (Å²) >= 11 is 0. The third kappa shape index (κ3) is 5.87. The summed E-state index contributed by atoms with van der Waals surface area (Å²) in [6.07, 6.45) is 5.33. The Bertz CT molecular complexity index is 670. The summed E-state index contributed by atoms with van der Waals surface area (Å²) in [5.74, 6) is -0.456. The number of rotatable bonds is 7. The minimum absolute atomic E-state index is 0.134. The van der Waals surface area contributed by atoms with Crippen molar-refractivity contribution in [2.75, 3.05) is 18.8 Å². The molecular formula is C17H25FN2O3S. The Labute approximate surface area is 143 Å². The number of hydrogen-bond donors (Lipinski definition) is 2. The zero-order valence-electron chi connectivity index (χ0n) is 14.0. The molecule has 1 fully saturated rings. The molecule has 0 radical (unpaired) electrons. The summed E-state index contributed by atoms with van der Waals surface area (Å²) in [7, 11) is -3.32. The van der Waals surface area contributed by atoms with E-state index in [-0.39, 0.29) is 30.3 Å². The van der Waals surface area contributed by atoms with E-state index in [0.717, 1.165) is 25.7 Å². The molecule has 0 saturated heterocycles. The van der Waals surface area contributed by atoms with E-state index in [4.69, 9.17) is 0 Å². The molecule has 1 saturated carbocycles. The minimum atomic E-state index is -3.32. The van der Waals surface area contributed by atoms with E-state index in [1.165, 1.54) is 18.6 Å². The fourth-order valence-corrected chi connectivity index (χ4v) is 4.43. The first-order valence-electron chi connectivity index (χ1n) is 8.39. The Hall–Kier alpha value is -1.47. The van der Waals surface area contributed by atoms with Crippen LogP contribution in [0.5, 0.6) is 0 Å². The van der Waals surface area contributed by atoms with Crippen molar-refractivity contribution in [1.29, 1.82) is 0 Å². The Morgan fingerprint density at radius 3 is 2.58 bits per heavy atom. The normalized spacial score (nSPS) is 16.1. The average molecular weight is 356 g/mol. The second kappa shape index (κ2) is 8.58. The average Bonchev–Trinajstić information content (AvgIpc) is 2.54. The highest BCUT2D eigenvalue weighted by atomic mass is 32.2. The Morgan fingerprint density at radius 1 is 1.21 bits per heavy atom. The molecule has 1 aromatic carbocycles. The zero-order valence-corrected chi connectivity index (χ0v) is 14.8. The van der Waals surface area contributed by atoms with Crippen molar-refractivity contribution in [2.45, 2.75) is 39.0 Å². The summed E-state index contributed by atoms with van der Waals surface area (Å²) < 4.78 is 40.0. The van der Waals surface area contributed by atoms with Gasteiger partial charge in [0.2, 0.25) is 10.0 Å². The van der Waals surface area contributed by atoms with Crippen LogP contribution < -0.4 is 10.0 Å². The van der Waals surface area contributed by atoms with Crippen molar-refractivity contribution in [1.82, 2.24) is 10.0 Å². The SMILES string of the molecule is Cc1ccc(C(=O)NCCNS(=O)(=O)CC2CCCCC2)cc1F. The molecule has 0 bridgehead atoms. The van der Waals surface area contributed by atoms with Crippen molar-refractivity contribution in [3.8, 4) is 0 Å². The summed E-state index contributed by atoms with van der Waals surface area (Å²) in [6, 6.07) is 4.26. The maximum atomic E-state index is 13.4. The molecule has 0 heterocycles. The lowest BCUT2D eigenvalue weighted by molar-refractivity contribution is 0.0954. The van der Waals surface area contributed by atoms with Crippen LogP contribution in [0.15, 0.2) is 18.2 Å². The van der Waals surface area contributed by atoms with Crippen LogP contribution >= 0.6 is 0 Å². The van der Waals surface area contributed by atoms with Gasteiger partial charge in [-0.25, -0.2) is 17.5 Å². The van der Waals surface area contributed by atoms with Gasteiger partial charge in [0.05, 0.1) is 5.75 Å². The van der Waals surface area contributed by atoms with Gasteiger partial charge in [-0.15, -0.1) is 0 Å². The monoisotopic (exact) mass is 356 g/mol. The van der Waals surface area contributed by atoms with E-state index in [1.54, 1.807) is 13.0 Å². The van der Waals surface area contributed by atoms with Crippen LogP contribution in [-0.4, -0.2) is 33.2 Å². The molecule has 0 atom stereocenters. The van der Waals surface area contributed by atoms with Gasteiger partial charge in [0, 0.05) is 18.7 Å². The van der Waals surface area contributed by atoms with Crippen molar-refractivity contribution in [2.24, 2.45) is 5.92 Å². The van der Waals surface area contributed by atoms with E-state index in [0.29, 0.717) is 5.56 Å². The number of benzene rings is 1. The third-order valence-electron chi connectivity index (χ3n) is 4.35. The van der Waals surface area contributed by atoms with E-state index in [2.05, 4.69) is 10.0 Å². The Balaban J connectivity index is 1.73. The van der Waals surface area contributed by atoms with Gasteiger partial charge in [-0.05, 0) is 43.4 Å². The Kier molecular flexibility index (Phi) is 6.74. The number of carbonyl (C=O) groups is 1. The fourth-order valence-electron chi connectivity index (χ4n) is 2.94. The molecule has 7 heteroatoms. The van der Waals surface area contributed by atoms with Crippen LogP contribution in [0.25, 0.3) is 0 Å². The molecule has 2 rings (SSSR count). The molecule has 1 amide bonds. The van der Waals surface area contributed by atoms with E-state index >= 15 is 0 Å². The first-order valence-corrected chi connectivity index (χ1v) is 10.0. The van der Waals surface area contributed by atoms with Gasteiger partial charge in [0.25, 0.3) is 5.91 Å². The highest BCUT2D eigenvalue weighted by molar-refractivity contribution is 7.89. The van der Waals surface area contributed by atoms with Gasteiger partial charge in [0.1, 0.15) is 5.82 Å². The fraction of sp³-hybridized carbons (Fsp3) is 0.588. The number of amides is 1. The quantitative estimate of drug-likeness (QED) is 0.737. The van der Waals surface area contributed by atoms with Crippen LogP contribution in [0.3, 0.4) is 0 Å². The maximum Gasteiger partial charge on any atom is 0.251 e. The van der Waals surface area contributed by atoms with Crippen molar-refractivity contribution >= 4 is 15.9 Å². The lowest BCUT2D eigenvalue weighted by Crippen LogP contribution is -2.37. The molecule has 0 aliphatic heterocycles. The first kappa shape index (κ1) is 18.9. The maximum absolute atomic E-state index is 13.4. The second-order valence-electron chi connectivity index (χ2n) is 6.40. The molecule has 24 heavy (non-hydrogen) atoms. The first-order chi connectivity index (χ1) is 11.4. The van der Waals surface area contributed by atoms with Crippen molar-refractivity contribution in [3.63, 3.8) is 0 Å².